The molecule has 0 saturated carbocycles. The van der Waals surface area contributed by atoms with E-state index in [4.69, 9.17) is 14.9 Å². The third-order valence-corrected chi connectivity index (χ3v) is 2.92. The molecule has 0 amide bonds. The number of allylic oxidation sites excluding steroid dienone is 1. The predicted octanol–water partition coefficient (Wildman–Crippen LogP) is 1.35. The number of benzene rings is 1. The molecular formula is C11H13O6P. The van der Waals surface area contributed by atoms with Crippen LogP contribution in [0.1, 0.15) is 11.1 Å². The third kappa shape index (κ3) is 4.33. The number of aryl methyl sites for hydroxylation is 1. The van der Waals surface area contributed by atoms with E-state index < -0.39 is 19.7 Å². The van der Waals surface area contributed by atoms with Gasteiger partial charge in [0, 0.05) is 11.6 Å². The van der Waals surface area contributed by atoms with Gasteiger partial charge >= 0.3 is 13.6 Å². The maximum Gasteiger partial charge on any atom is 0.329 e. The highest BCUT2D eigenvalue weighted by Crippen LogP contribution is 2.41. The van der Waals surface area contributed by atoms with E-state index in [0.29, 0.717) is 6.08 Å². The van der Waals surface area contributed by atoms with Crippen LogP contribution in [0, 0.1) is 6.92 Å². The van der Waals surface area contributed by atoms with E-state index in [1.807, 2.05) is 0 Å². The van der Waals surface area contributed by atoms with Crippen LogP contribution in [0.3, 0.4) is 0 Å². The van der Waals surface area contributed by atoms with Crippen molar-refractivity contribution in [3.63, 3.8) is 0 Å². The summed E-state index contributed by atoms with van der Waals surface area (Å²) in [5, 5.41) is 18.3. The molecule has 0 unspecified atom stereocenters. The molecule has 0 fully saturated rings. The van der Waals surface area contributed by atoms with Crippen LogP contribution in [0.4, 0.5) is 0 Å². The maximum absolute atomic E-state index is 11.0. The van der Waals surface area contributed by atoms with Crippen LogP contribution in [0.15, 0.2) is 24.3 Å². The fraction of sp³-hybridized carbons (Fsp3) is 0.182. The zero-order chi connectivity index (χ0) is 13.9. The van der Waals surface area contributed by atoms with Gasteiger partial charge in [-0.3, -0.25) is 4.57 Å². The van der Waals surface area contributed by atoms with Crippen molar-refractivity contribution in [2.24, 2.45) is 0 Å². The smallest absolute Gasteiger partial charge is 0.329 e. The van der Waals surface area contributed by atoms with Gasteiger partial charge in [0.25, 0.3) is 0 Å². The third-order valence-electron chi connectivity index (χ3n) is 2.17. The lowest BCUT2D eigenvalue weighted by Gasteiger charge is -2.11. The number of hydrogen-bond donors (Lipinski definition) is 4. The first-order valence-electron chi connectivity index (χ1n) is 4.97. The summed E-state index contributed by atoms with van der Waals surface area (Å²) < 4.78 is 11.0. The lowest BCUT2D eigenvalue weighted by Crippen LogP contribution is -1.99. The minimum absolute atomic E-state index is 0.112. The molecule has 0 aliphatic rings. The van der Waals surface area contributed by atoms with Gasteiger partial charge in [-0.2, -0.15) is 0 Å². The SMILES string of the molecule is Cc1ccc(O)c(C(=CC(=O)O)CP(=O)(O)O)c1. The van der Waals surface area contributed by atoms with Crippen LogP contribution >= 0.6 is 7.60 Å². The molecule has 7 heteroatoms. The normalized spacial score (nSPS) is 12.5. The molecule has 18 heavy (non-hydrogen) atoms. The maximum atomic E-state index is 11.0. The fourth-order valence-corrected chi connectivity index (χ4v) is 2.19. The van der Waals surface area contributed by atoms with Gasteiger partial charge in [0.2, 0.25) is 0 Å². The summed E-state index contributed by atoms with van der Waals surface area (Å²) in [5.41, 5.74) is 0.738. The first-order valence-corrected chi connectivity index (χ1v) is 6.77. The molecule has 0 bridgehead atoms. The van der Waals surface area contributed by atoms with Gasteiger partial charge in [-0.1, -0.05) is 11.6 Å². The molecule has 1 aromatic rings. The van der Waals surface area contributed by atoms with Crippen molar-refractivity contribution in [1.29, 1.82) is 0 Å². The second kappa shape index (κ2) is 5.35. The Morgan fingerprint density at radius 3 is 2.50 bits per heavy atom. The Bertz CT molecular complexity index is 542. The topological polar surface area (TPSA) is 115 Å². The van der Waals surface area contributed by atoms with Gasteiger partial charge < -0.3 is 20.0 Å². The van der Waals surface area contributed by atoms with Gasteiger partial charge in [-0.15, -0.1) is 0 Å². The highest BCUT2D eigenvalue weighted by Gasteiger charge is 2.20. The Kier molecular flexibility index (Phi) is 4.29. The molecule has 0 spiro atoms. The van der Waals surface area contributed by atoms with Gasteiger partial charge in [-0.05, 0) is 24.6 Å². The number of hydrogen-bond acceptors (Lipinski definition) is 3. The molecule has 1 rings (SSSR count). The number of aliphatic carboxylic acids is 1. The number of carboxylic acids is 1. The van der Waals surface area contributed by atoms with Crippen LogP contribution in [0.5, 0.6) is 5.75 Å². The van der Waals surface area contributed by atoms with Crippen molar-refractivity contribution in [2.45, 2.75) is 6.92 Å². The Morgan fingerprint density at radius 1 is 1.39 bits per heavy atom. The van der Waals surface area contributed by atoms with Crippen LogP contribution in [0.2, 0.25) is 0 Å². The van der Waals surface area contributed by atoms with E-state index in [0.717, 1.165) is 5.56 Å². The fourth-order valence-electron chi connectivity index (χ4n) is 1.49. The summed E-state index contributed by atoms with van der Waals surface area (Å²) in [6, 6.07) is 4.43. The Balaban J connectivity index is 3.31. The largest absolute Gasteiger partial charge is 0.507 e. The predicted molar refractivity (Wildman–Crippen MR) is 65.4 cm³/mol. The van der Waals surface area contributed by atoms with Gasteiger partial charge in [-0.25, -0.2) is 4.79 Å². The molecule has 0 aromatic heterocycles. The molecule has 0 radical (unpaired) electrons. The number of carboxylic acid groups (broad SMARTS) is 1. The average Bonchev–Trinajstić information content (AvgIpc) is 2.18. The standard InChI is InChI=1S/C11H13O6P/c1-7-2-3-10(12)9(4-7)8(5-11(13)14)6-18(15,16)17/h2-5,12H,6H2,1H3,(H,13,14)(H2,15,16,17). The molecule has 4 N–H and O–H groups in total. The van der Waals surface area contributed by atoms with E-state index in [1.165, 1.54) is 12.1 Å². The van der Waals surface area contributed by atoms with E-state index >= 15 is 0 Å². The van der Waals surface area contributed by atoms with E-state index in [1.54, 1.807) is 13.0 Å². The summed E-state index contributed by atoms with van der Waals surface area (Å²) in [5.74, 6) is -1.55. The molecule has 0 aliphatic heterocycles. The molecule has 6 nitrogen and oxygen atoms in total. The van der Waals surface area contributed by atoms with E-state index in [9.17, 15) is 14.5 Å². The lowest BCUT2D eigenvalue weighted by molar-refractivity contribution is -0.131. The van der Waals surface area contributed by atoms with Crippen molar-refractivity contribution >= 4 is 19.1 Å². The Morgan fingerprint density at radius 2 is 2.00 bits per heavy atom. The van der Waals surface area contributed by atoms with Crippen molar-refractivity contribution in [3.05, 3.63) is 35.4 Å². The highest BCUT2D eigenvalue weighted by atomic mass is 31.2. The molecule has 1 aromatic carbocycles. The summed E-state index contributed by atoms with van der Waals surface area (Å²) >= 11 is 0. The Labute approximate surface area is 103 Å². The summed E-state index contributed by atoms with van der Waals surface area (Å²) in [6.07, 6.45) is -0.0517. The first-order chi connectivity index (χ1) is 8.19. The monoisotopic (exact) mass is 272 g/mol. The number of carbonyl (C=O) groups is 1. The molecular weight excluding hydrogens is 259 g/mol. The van der Waals surface area contributed by atoms with Crippen molar-refractivity contribution in [3.8, 4) is 5.75 Å². The molecule has 0 saturated heterocycles. The number of phenolic OH excluding ortho intramolecular Hbond substituents is 1. The summed E-state index contributed by atoms with van der Waals surface area (Å²) in [6.45, 7) is 1.72. The van der Waals surface area contributed by atoms with E-state index in [-0.39, 0.29) is 16.9 Å². The van der Waals surface area contributed by atoms with E-state index in [2.05, 4.69) is 0 Å². The van der Waals surface area contributed by atoms with Gasteiger partial charge in [0.15, 0.2) is 0 Å². The first kappa shape index (κ1) is 14.4. The minimum atomic E-state index is -4.42. The Hall–Kier alpha value is -1.62. The average molecular weight is 272 g/mol. The van der Waals surface area contributed by atoms with Crippen LogP contribution in [0.25, 0.3) is 5.57 Å². The highest BCUT2D eigenvalue weighted by molar-refractivity contribution is 7.52. The van der Waals surface area contributed by atoms with Crippen molar-refractivity contribution < 1.29 is 29.4 Å². The van der Waals surface area contributed by atoms with Crippen LogP contribution in [-0.4, -0.2) is 32.1 Å². The minimum Gasteiger partial charge on any atom is -0.507 e. The summed E-state index contributed by atoms with van der Waals surface area (Å²) in [7, 11) is -4.42. The molecule has 0 heterocycles. The molecule has 0 aliphatic carbocycles. The molecule has 98 valence electrons. The van der Waals surface area contributed by atoms with Crippen molar-refractivity contribution in [2.75, 3.05) is 6.16 Å². The van der Waals surface area contributed by atoms with Gasteiger partial charge in [0.05, 0.1) is 6.16 Å². The second-order valence-electron chi connectivity index (χ2n) is 3.85. The number of phenols is 1. The van der Waals surface area contributed by atoms with Crippen LogP contribution in [-0.2, 0) is 9.36 Å². The molecule has 0 atom stereocenters. The van der Waals surface area contributed by atoms with Gasteiger partial charge in [0.1, 0.15) is 5.75 Å². The zero-order valence-electron chi connectivity index (χ0n) is 9.57. The van der Waals surface area contributed by atoms with Crippen molar-refractivity contribution in [1.82, 2.24) is 0 Å². The number of rotatable bonds is 4. The quantitative estimate of drug-likeness (QED) is 0.485. The van der Waals surface area contributed by atoms with Crippen LogP contribution < -0.4 is 0 Å². The lowest BCUT2D eigenvalue weighted by atomic mass is 10.0. The zero-order valence-corrected chi connectivity index (χ0v) is 10.5. The number of aromatic hydroxyl groups is 1. The second-order valence-corrected chi connectivity index (χ2v) is 5.50. The summed E-state index contributed by atoms with van der Waals surface area (Å²) in [4.78, 5) is 28.5.